The summed E-state index contributed by atoms with van der Waals surface area (Å²) in [4.78, 5) is 98.7. The molecule has 0 spiro atoms. The zero-order valence-electron chi connectivity index (χ0n) is 32.4. The molecule has 0 aromatic heterocycles. The number of methoxy groups -OCH3 is 1. The quantitative estimate of drug-likeness (QED) is 0.205. The number of nitrogens with one attached hydrogen (secondary N) is 2. The van der Waals surface area contributed by atoms with Gasteiger partial charge in [-0.05, 0) is 56.4 Å². The van der Waals surface area contributed by atoms with Crippen molar-refractivity contribution >= 4 is 41.4 Å². The highest BCUT2D eigenvalue weighted by Gasteiger charge is 2.41. The molecule has 294 valence electrons. The number of esters is 1. The molecule has 6 atom stereocenters. The van der Waals surface area contributed by atoms with Gasteiger partial charge >= 0.3 is 5.97 Å². The van der Waals surface area contributed by atoms with Crippen molar-refractivity contribution in [2.24, 2.45) is 11.8 Å². The van der Waals surface area contributed by atoms with Gasteiger partial charge in [0.1, 0.15) is 36.3 Å². The van der Waals surface area contributed by atoms with Crippen molar-refractivity contribution in [3.05, 3.63) is 35.9 Å². The van der Waals surface area contributed by atoms with E-state index in [1.165, 1.54) is 47.7 Å². The second-order valence-electron chi connectivity index (χ2n) is 14.8. The summed E-state index contributed by atoms with van der Waals surface area (Å²) in [5.74, 6) is -3.98. The van der Waals surface area contributed by atoms with E-state index < -0.39 is 84.3 Å². The summed E-state index contributed by atoms with van der Waals surface area (Å²) in [5.41, 5.74) is 0.806. The number of likely N-dealkylation sites (tertiary alicyclic amines) is 2. The number of rotatable bonds is 16. The number of likely N-dealkylation sites (N-methyl/N-ethyl adjacent to an activating group) is 2. The molecule has 3 rings (SSSR count). The first kappa shape index (κ1) is 42.9. The van der Waals surface area contributed by atoms with E-state index in [0.29, 0.717) is 38.8 Å². The molecule has 1 aromatic carbocycles. The summed E-state index contributed by atoms with van der Waals surface area (Å²) in [5, 5.41) is 15.6. The lowest BCUT2D eigenvalue weighted by Gasteiger charge is -2.35. The third-order valence-electron chi connectivity index (χ3n) is 10.1. The van der Waals surface area contributed by atoms with Gasteiger partial charge in [-0.15, -0.1) is 0 Å². The summed E-state index contributed by atoms with van der Waals surface area (Å²) in [6.45, 7) is 8.95. The smallest absolute Gasteiger partial charge is 0.328 e. The molecule has 2 saturated heterocycles. The maximum absolute atomic E-state index is 14.0. The van der Waals surface area contributed by atoms with Crippen molar-refractivity contribution in [1.82, 2.24) is 30.2 Å². The zero-order chi connectivity index (χ0) is 39.6. The Balaban J connectivity index is 1.71. The Morgan fingerprint density at radius 2 is 1.43 bits per heavy atom. The number of carbonyl (C=O) groups is 7. The van der Waals surface area contributed by atoms with Gasteiger partial charge in [0.05, 0.1) is 13.7 Å². The van der Waals surface area contributed by atoms with Crippen molar-refractivity contribution < 1.29 is 43.4 Å². The van der Waals surface area contributed by atoms with E-state index in [0.717, 1.165) is 5.56 Å². The van der Waals surface area contributed by atoms with Crippen LogP contribution in [0.15, 0.2) is 30.3 Å². The largest absolute Gasteiger partial charge is 0.467 e. The number of ether oxygens (including phenoxy) is 1. The Morgan fingerprint density at radius 1 is 0.849 bits per heavy atom. The van der Waals surface area contributed by atoms with E-state index >= 15 is 0 Å². The third kappa shape index (κ3) is 11.0. The number of aliphatic hydroxyl groups is 1. The summed E-state index contributed by atoms with van der Waals surface area (Å²) in [7, 11) is 4.21. The molecule has 0 saturated carbocycles. The summed E-state index contributed by atoms with van der Waals surface area (Å²) < 4.78 is 4.93. The molecule has 15 heteroatoms. The van der Waals surface area contributed by atoms with Gasteiger partial charge in [0.2, 0.25) is 29.5 Å². The van der Waals surface area contributed by atoms with E-state index in [4.69, 9.17) is 4.74 Å². The predicted octanol–water partition coefficient (Wildman–Crippen LogP) is 0.722. The number of carbonyl (C=O) groups excluding carboxylic acids is 7. The van der Waals surface area contributed by atoms with Crippen LogP contribution in [0.2, 0.25) is 0 Å². The van der Waals surface area contributed by atoms with Crippen LogP contribution >= 0.6 is 0 Å². The Bertz CT molecular complexity index is 1470. The van der Waals surface area contributed by atoms with Gasteiger partial charge in [0.25, 0.3) is 5.91 Å². The molecule has 2 fully saturated rings. The van der Waals surface area contributed by atoms with Crippen molar-refractivity contribution in [2.45, 2.75) is 109 Å². The van der Waals surface area contributed by atoms with Crippen LogP contribution in [0.25, 0.3) is 0 Å². The molecule has 0 unspecified atom stereocenters. The molecule has 2 aliphatic rings. The minimum absolute atomic E-state index is 0.0224. The lowest BCUT2D eigenvalue weighted by atomic mass is 10.0. The van der Waals surface area contributed by atoms with Crippen molar-refractivity contribution in [3.63, 3.8) is 0 Å². The number of aliphatic hydroxyl groups excluding tert-OH is 1. The number of nitrogens with zero attached hydrogens (tertiary/aromatic N) is 4. The van der Waals surface area contributed by atoms with E-state index in [1.807, 2.05) is 44.2 Å². The first-order chi connectivity index (χ1) is 25.0. The van der Waals surface area contributed by atoms with E-state index in [-0.39, 0.29) is 24.7 Å². The monoisotopic (exact) mass is 742 g/mol. The average molecular weight is 743 g/mol. The van der Waals surface area contributed by atoms with Crippen LogP contribution in [0.4, 0.5) is 0 Å². The van der Waals surface area contributed by atoms with Gasteiger partial charge in [-0.3, -0.25) is 28.8 Å². The third-order valence-corrected chi connectivity index (χ3v) is 10.1. The SMILES string of the molecule is COC(=O)[C@@H]1CCCN1C(=O)[C@H](Cc1ccccc1)N(C)C(=O)[C@H](C)NC(=O)[C@H](CC(C)C)N(C)C(=O)CNC(=O)[C@H]1CCCN1C(=O)[C@H](O)C(C)C. The molecule has 2 aliphatic heterocycles. The highest BCUT2D eigenvalue weighted by atomic mass is 16.5. The van der Waals surface area contributed by atoms with Crippen LogP contribution in [0.3, 0.4) is 0 Å². The molecule has 0 radical (unpaired) electrons. The highest BCUT2D eigenvalue weighted by molar-refractivity contribution is 5.96. The fraction of sp³-hybridized carbons (Fsp3) is 0.658. The lowest BCUT2D eigenvalue weighted by Crippen LogP contribution is -2.58. The van der Waals surface area contributed by atoms with Crippen LogP contribution in [-0.4, -0.2) is 143 Å². The minimum atomic E-state index is -1.24. The van der Waals surface area contributed by atoms with Crippen molar-refractivity contribution in [3.8, 4) is 0 Å². The molecular formula is C38H58N6O9. The molecule has 0 aliphatic carbocycles. The van der Waals surface area contributed by atoms with E-state index in [2.05, 4.69) is 10.6 Å². The van der Waals surface area contributed by atoms with Crippen LogP contribution in [-0.2, 0) is 44.7 Å². The van der Waals surface area contributed by atoms with Gasteiger partial charge < -0.3 is 40.1 Å². The predicted molar refractivity (Wildman–Crippen MR) is 196 cm³/mol. The Hall–Kier alpha value is -4.53. The minimum Gasteiger partial charge on any atom is -0.467 e. The van der Waals surface area contributed by atoms with Crippen molar-refractivity contribution in [2.75, 3.05) is 40.8 Å². The number of hydrogen-bond donors (Lipinski definition) is 3. The second-order valence-corrected chi connectivity index (χ2v) is 14.8. The number of benzene rings is 1. The second kappa shape index (κ2) is 19.5. The maximum Gasteiger partial charge on any atom is 0.328 e. The van der Waals surface area contributed by atoms with Gasteiger partial charge in [-0.2, -0.15) is 0 Å². The molecule has 0 bridgehead atoms. The normalized spacial score (nSPS) is 19.3. The van der Waals surface area contributed by atoms with Gasteiger partial charge in [0.15, 0.2) is 0 Å². The van der Waals surface area contributed by atoms with Crippen LogP contribution < -0.4 is 10.6 Å². The van der Waals surface area contributed by atoms with Gasteiger partial charge in [-0.25, -0.2) is 4.79 Å². The summed E-state index contributed by atoms with van der Waals surface area (Å²) in [6, 6.07) is 4.57. The fourth-order valence-electron chi connectivity index (χ4n) is 6.89. The summed E-state index contributed by atoms with van der Waals surface area (Å²) in [6.07, 6.45) is 1.24. The highest BCUT2D eigenvalue weighted by Crippen LogP contribution is 2.23. The molecular weight excluding hydrogens is 684 g/mol. The molecule has 53 heavy (non-hydrogen) atoms. The van der Waals surface area contributed by atoms with Gasteiger partial charge in [0, 0.05) is 33.6 Å². The van der Waals surface area contributed by atoms with Crippen LogP contribution in [0.1, 0.15) is 72.3 Å². The molecule has 1 aromatic rings. The summed E-state index contributed by atoms with van der Waals surface area (Å²) >= 11 is 0. The Labute approximate surface area is 312 Å². The number of hydrogen-bond acceptors (Lipinski definition) is 9. The fourth-order valence-corrected chi connectivity index (χ4v) is 6.89. The number of amides is 6. The zero-order valence-corrected chi connectivity index (χ0v) is 32.4. The maximum atomic E-state index is 14.0. The van der Waals surface area contributed by atoms with E-state index in [9.17, 15) is 38.7 Å². The lowest BCUT2D eigenvalue weighted by molar-refractivity contribution is -0.154. The Morgan fingerprint density at radius 3 is 2.00 bits per heavy atom. The molecule has 2 heterocycles. The van der Waals surface area contributed by atoms with Crippen molar-refractivity contribution in [1.29, 1.82) is 0 Å². The topological polar surface area (TPSA) is 186 Å². The first-order valence-electron chi connectivity index (χ1n) is 18.5. The van der Waals surface area contributed by atoms with Crippen LogP contribution in [0.5, 0.6) is 0 Å². The average Bonchev–Trinajstić information content (AvgIpc) is 3.84. The Kier molecular flexibility index (Phi) is 15.8. The van der Waals surface area contributed by atoms with E-state index in [1.54, 1.807) is 13.8 Å². The molecule has 15 nitrogen and oxygen atoms in total. The van der Waals surface area contributed by atoms with Crippen LogP contribution in [0, 0.1) is 11.8 Å². The first-order valence-corrected chi connectivity index (χ1v) is 18.5. The van der Waals surface area contributed by atoms with Gasteiger partial charge in [-0.1, -0.05) is 58.0 Å². The molecule has 3 N–H and O–H groups in total. The molecule has 6 amide bonds. The standard InChI is InChI=1S/C38H58N6O9/c1-23(2)20-29(41(6)31(45)22-39-33(47)27-16-12-18-43(27)37(51)32(46)24(3)4)34(48)40-25(5)35(49)42(7)30(21-26-14-10-9-11-15-26)36(50)44-19-13-17-28(44)38(52)53-8/h9-11,14-15,23-25,27-30,32,46H,12-13,16-22H2,1-8H3,(H,39,47)(H,40,48)/t25-,27+,28-,29-,30-,32+/m0/s1.